The molecule has 1 aliphatic heterocycles. The summed E-state index contributed by atoms with van der Waals surface area (Å²) in [5.41, 5.74) is 2.55. The Morgan fingerprint density at radius 1 is 0.957 bits per heavy atom. The highest BCUT2D eigenvalue weighted by Gasteiger charge is 2.25. The van der Waals surface area contributed by atoms with E-state index in [0.717, 1.165) is 27.7 Å². The summed E-state index contributed by atoms with van der Waals surface area (Å²) >= 11 is 1.48. The van der Waals surface area contributed by atoms with Crippen LogP contribution in [0.3, 0.4) is 0 Å². The van der Waals surface area contributed by atoms with Crippen molar-refractivity contribution in [2.45, 2.75) is 59.0 Å². The second kappa shape index (κ2) is 13.2. The number of thiazole rings is 1. The number of anilines is 3. The van der Waals surface area contributed by atoms with E-state index < -0.39 is 6.03 Å². The Bertz CT molecular complexity index is 1860. The van der Waals surface area contributed by atoms with Crippen molar-refractivity contribution in [3.8, 4) is 33.8 Å². The molecule has 0 unspecified atom stereocenters. The predicted molar refractivity (Wildman–Crippen MR) is 180 cm³/mol. The minimum atomic E-state index is -0.493. The van der Waals surface area contributed by atoms with Crippen LogP contribution in [0.5, 0.6) is 17.6 Å². The molecule has 1 fully saturated rings. The van der Waals surface area contributed by atoms with Gasteiger partial charge < -0.3 is 14.8 Å². The summed E-state index contributed by atoms with van der Waals surface area (Å²) in [4.78, 5) is 45.0. The largest absolute Gasteiger partial charge is 0.475 e. The SMILES string of the molecule is CC(C)Oc1ccc(-n2nc(C(C)(C)C)cc2NC(=O)Nc2cnc(Oc3ccc(-c4cnc(N5CCCC5=O)s4)cc3)nc2)cn1. The van der Waals surface area contributed by atoms with E-state index in [-0.39, 0.29) is 23.4 Å². The van der Waals surface area contributed by atoms with Gasteiger partial charge in [0.1, 0.15) is 11.6 Å². The minimum absolute atomic E-state index is 0.00103. The number of rotatable bonds is 9. The van der Waals surface area contributed by atoms with Crippen LogP contribution in [0.15, 0.2) is 67.3 Å². The van der Waals surface area contributed by atoms with Gasteiger partial charge in [-0.05, 0) is 56.2 Å². The smallest absolute Gasteiger partial charge is 0.324 e. The van der Waals surface area contributed by atoms with Gasteiger partial charge in [-0.2, -0.15) is 5.10 Å². The highest BCUT2D eigenvalue weighted by molar-refractivity contribution is 7.19. The number of carbonyl (C=O) groups is 2. The molecule has 242 valence electrons. The Hall–Kier alpha value is -5.37. The van der Waals surface area contributed by atoms with Gasteiger partial charge in [0.05, 0.1) is 46.6 Å². The number of carbonyl (C=O) groups excluding carboxylic acids is 2. The third kappa shape index (κ3) is 7.55. The first-order chi connectivity index (χ1) is 22.5. The van der Waals surface area contributed by atoms with E-state index in [1.54, 1.807) is 28.0 Å². The number of pyridine rings is 1. The van der Waals surface area contributed by atoms with E-state index >= 15 is 0 Å². The lowest BCUT2D eigenvalue weighted by molar-refractivity contribution is -0.117. The van der Waals surface area contributed by atoms with Crippen LogP contribution in [-0.2, 0) is 10.2 Å². The maximum atomic E-state index is 13.0. The van der Waals surface area contributed by atoms with Crippen molar-refractivity contribution < 1.29 is 19.1 Å². The fourth-order valence-corrected chi connectivity index (χ4v) is 5.69. The molecule has 4 aromatic heterocycles. The average Bonchev–Trinajstić information content (AvgIpc) is 3.79. The second-order valence-corrected chi connectivity index (χ2v) is 13.2. The molecule has 0 atom stereocenters. The fraction of sp³-hybridized carbons (Fsp3) is 0.303. The van der Waals surface area contributed by atoms with Gasteiger partial charge in [0.25, 0.3) is 0 Å². The standard InChI is InChI=1S/C33H35N9O4S/c1-20(2)45-28-13-10-23(18-34-28)42-27(15-26(40-42)33(3,4)5)39-30(44)38-22-16-35-31(36-17-22)46-24-11-8-21(9-12-24)25-19-37-32(47-25)41-14-6-7-29(41)43/h8-13,15-20H,6-7,14H2,1-5H3,(H2,38,39,44). The molecule has 5 heterocycles. The summed E-state index contributed by atoms with van der Waals surface area (Å²) < 4.78 is 13.1. The van der Waals surface area contributed by atoms with Gasteiger partial charge in [-0.15, -0.1) is 0 Å². The molecule has 0 radical (unpaired) electrons. The summed E-state index contributed by atoms with van der Waals surface area (Å²) in [7, 11) is 0. The highest BCUT2D eigenvalue weighted by Crippen LogP contribution is 2.34. The summed E-state index contributed by atoms with van der Waals surface area (Å²) in [6.07, 6.45) is 7.78. The maximum Gasteiger partial charge on any atom is 0.324 e. The van der Waals surface area contributed by atoms with Crippen LogP contribution in [0.25, 0.3) is 16.1 Å². The fourth-order valence-electron chi connectivity index (χ4n) is 4.72. The van der Waals surface area contributed by atoms with Crippen LogP contribution in [0.2, 0.25) is 0 Å². The molecule has 14 heteroatoms. The number of nitrogens with zero attached hydrogens (tertiary/aromatic N) is 7. The van der Waals surface area contributed by atoms with Crippen LogP contribution in [0, 0.1) is 0 Å². The molecule has 0 saturated carbocycles. The van der Waals surface area contributed by atoms with Crippen molar-refractivity contribution in [1.29, 1.82) is 0 Å². The van der Waals surface area contributed by atoms with Gasteiger partial charge in [0.15, 0.2) is 5.13 Å². The molecule has 5 aromatic rings. The van der Waals surface area contributed by atoms with Gasteiger partial charge in [0.2, 0.25) is 11.8 Å². The molecule has 6 rings (SSSR count). The van der Waals surface area contributed by atoms with E-state index in [0.29, 0.717) is 41.8 Å². The number of amides is 3. The Balaban J connectivity index is 1.08. The molecular weight excluding hydrogens is 618 g/mol. The van der Waals surface area contributed by atoms with Crippen LogP contribution in [0.1, 0.15) is 53.2 Å². The number of aromatic nitrogens is 6. The van der Waals surface area contributed by atoms with Crippen molar-refractivity contribution in [3.63, 3.8) is 0 Å². The molecule has 13 nitrogen and oxygen atoms in total. The molecule has 3 amide bonds. The molecule has 47 heavy (non-hydrogen) atoms. The Kier molecular flexibility index (Phi) is 8.85. The number of ether oxygens (including phenoxy) is 2. The molecule has 1 aliphatic rings. The van der Waals surface area contributed by atoms with Crippen molar-refractivity contribution in [3.05, 3.63) is 72.9 Å². The summed E-state index contributed by atoms with van der Waals surface area (Å²) in [5.74, 6) is 1.64. The molecule has 0 aliphatic carbocycles. The van der Waals surface area contributed by atoms with Crippen LogP contribution >= 0.6 is 11.3 Å². The summed E-state index contributed by atoms with van der Waals surface area (Å²) in [5, 5.41) is 11.1. The molecule has 1 aromatic carbocycles. The molecule has 2 N–H and O–H groups in total. The quantitative estimate of drug-likeness (QED) is 0.175. The average molecular weight is 654 g/mol. The van der Waals surface area contributed by atoms with Gasteiger partial charge in [-0.25, -0.2) is 29.4 Å². The lowest BCUT2D eigenvalue weighted by Gasteiger charge is -2.14. The lowest BCUT2D eigenvalue weighted by atomic mass is 9.92. The highest BCUT2D eigenvalue weighted by atomic mass is 32.1. The van der Waals surface area contributed by atoms with Crippen molar-refractivity contribution in [2.24, 2.45) is 0 Å². The van der Waals surface area contributed by atoms with Crippen molar-refractivity contribution >= 4 is 39.9 Å². The van der Waals surface area contributed by atoms with Gasteiger partial charge in [-0.3, -0.25) is 15.0 Å². The predicted octanol–water partition coefficient (Wildman–Crippen LogP) is 6.83. The van der Waals surface area contributed by atoms with E-state index in [1.807, 2.05) is 71.0 Å². The molecule has 0 spiro atoms. The monoisotopic (exact) mass is 653 g/mol. The van der Waals surface area contributed by atoms with Crippen molar-refractivity contribution in [1.82, 2.24) is 29.7 Å². The number of benzene rings is 1. The lowest BCUT2D eigenvalue weighted by Crippen LogP contribution is -2.23. The molecule has 1 saturated heterocycles. The van der Waals surface area contributed by atoms with Crippen molar-refractivity contribution in [2.75, 3.05) is 22.1 Å². The Labute approximate surface area is 276 Å². The van der Waals surface area contributed by atoms with Crippen LogP contribution in [-0.4, -0.2) is 54.3 Å². The van der Waals surface area contributed by atoms with E-state index in [9.17, 15) is 9.59 Å². The first kappa shape index (κ1) is 31.6. The normalized spacial score (nSPS) is 13.2. The van der Waals surface area contributed by atoms with Gasteiger partial charge >= 0.3 is 12.0 Å². The van der Waals surface area contributed by atoms with Gasteiger partial charge in [0, 0.05) is 36.7 Å². The zero-order valence-electron chi connectivity index (χ0n) is 26.7. The summed E-state index contributed by atoms with van der Waals surface area (Å²) in [6, 6.07) is 12.5. The Morgan fingerprint density at radius 2 is 1.72 bits per heavy atom. The van der Waals surface area contributed by atoms with Crippen LogP contribution < -0.4 is 25.0 Å². The first-order valence-corrected chi connectivity index (χ1v) is 16.0. The third-order valence-corrected chi connectivity index (χ3v) is 8.14. The third-order valence-electron chi connectivity index (χ3n) is 7.07. The second-order valence-electron chi connectivity index (χ2n) is 12.2. The number of urea groups is 1. The topological polar surface area (TPSA) is 149 Å². The zero-order valence-corrected chi connectivity index (χ0v) is 27.5. The maximum absolute atomic E-state index is 13.0. The van der Waals surface area contributed by atoms with E-state index in [2.05, 4.69) is 30.6 Å². The van der Waals surface area contributed by atoms with E-state index in [4.69, 9.17) is 14.6 Å². The molecular formula is C33H35N9O4S. The summed E-state index contributed by atoms with van der Waals surface area (Å²) in [6.45, 7) is 10.7. The number of nitrogens with one attached hydrogen (secondary N) is 2. The number of hydrogen-bond acceptors (Lipinski definition) is 10. The number of hydrogen-bond donors (Lipinski definition) is 2. The van der Waals surface area contributed by atoms with E-state index in [1.165, 1.54) is 23.7 Å². The van der Waals surface area contributed by atoms with Gasteiger partial charge in [-0.1, -0.05) is 32.1 Å². The zero-order chi connectivity index (χ0) is 33.1. The first-order valence-electron chi connectivity index (χ1n) is 15.2. The van der Waals surface area contributed by atoms with Crippen LogP contribution in [0.4, 0.5) is 21.4 Å². The Morgan fingerprint density at radius 3 is 2.36 bits per heavy atom. The minimum Gasteiger partial charge on any atom is -0.475 e. The molecule has 0 bridgehead atoms.